The summed E-state index contributed by atoms with van der Waals surface area (Å²) in [4.78, 5) is 16.2. The van der Waals surface area contributed by atoms with Crippen LogP contribution in [0.3, 0.4) is 0 Å². The molecular formula is C12H16BrN5O2. The van der Waals surface area contributed by atoms with Crippen molar-refractivity contribution >= 4 is 27.8 Å². The number of anilines is 1. The van der Waals surface area contributed by atoms with Crippen LogP contribution in [0.25, 0.3) is 0 Å². The van der Waals surface area contributed by atoms with Gasteiger partial charge in [0.1, 0.15) is 5.69 Å². The molecular weight excluding hydrogens is 326 g/mol. The fourth-order valence-corrected chi connectivity index (χ4v) is 2.22. The van der Waals surface area contributed by atoms with E-state index in [1.807, 2.05) is 17.7 Å². The third-order valence-corrected chi connectivity index (χ3v) is 2.96. The molecule has 2 aromatic rings. The van der Waals surface area contributed by atoms with Crippen molar-refractivity contribution < 1.29 is 9.53 Å². The summed E-state index contributed by atoms with van der Waals surface area (Å²) in [6, 6.07) is 1.98. The average molecular weight is 342 g/mol. The molecule has 2 rings (SSSR count). The second kappa shape index (κ2) is 6.56. The van der Waals surface area contributed by atoms with Crippen molar-refractivity contribution in [2.24, 2.45) is 0 Å². The molecule has 1 amide bonds. The molecule has 108 valence electrons. The molecule has 0 radical (unpaired) electrons. The molecule has 20 heavy (non-hydrogen) atoms. The lowest BCUT2D eigenvalue weighted by Crippen LogP contribution is -2.17. The number of carbonyl (C=O) groups is 1. The number of rotatable bonds is 6. The molecule has 0 aliphatic heterocycles. The highest BCUT2D eigenvalue weighted by Crippen LogP contribution is 2.17. The van der Waals surface area contributed by atoms with Crippen LogP contribution in [0.2, 0.25) is 0 Å². The van der Waals surface area contributed by atoms with E-state index < -0.39 is 0 Å². The van der Waals surface area contributed by atoms with Crippen LogP contribution < -0.4 is 10.1 Å². The van der Waals surface area contributed by atoms with Crippen LogP contribution in [0.15, 0.2) is 16.7 Å². The maximum atomic E-state index is 12.2. The maximum absolute atomic E-state index is 12.2. The molecule has 2 N–H and O–H groups in total. The number of nitrogens with one attached hydrogen (secondary N) is 2. The number of hydrogen-bond donors (Lipinski definition) is 2. The van der Waals surface area contributed by atoms with Crippen molar-refractivity contribution in [2.45, 2.75) is 26.8 Å². The van der Waals surface area contributed by atoms with Crippen molar-refractivity contribution in [3.8, 4) is 6.01 Å². The van der Waals surface area contributed by atoms with Crippen LogP contribution in [0.5, 0.6) is 6.01 Å². The Morgan fingerprint density at radius 3 is 3.05 bits per heavy atom. The first-order valence-corrected chi connectivity index (χ1v) is 7.15. The zero-order valence-electron chi connectivity index (χ0n) is 11.3. The fourth-order valence-electron chi connectivity index (χ4n) is 1.76. The predicted octanol–water partition coefficient (Wildman–Crippen LogP) is 2.43. The number of amides is 1. The van der Waals surface area contributed by atoms with Gasteiger partial charge in [-0.1, -0.05) is 6.92 Å². The highest BCUT2D eigenvalue weighted by molar-refractivity contribution is 9.10. The van der Waals surface area contributed by atoms with Gasteiger partial charge >= 0.3 is 6.01 Å². The average Bonchev–Trinajstić information content (AvgIpc) is 2.97. The molecule has 0 aliphatic rings. The summed E-state index contributed by atoms with van der Waals surface area (Å²) in [6.45, 7) is 5.14. The molecule has 0 atom stereocenters. The SMILES string of the molecule is CCCn1cc(Br)cc1C(=O)Nc1nc(OCC)n[nH]1. The highest BCUT2D eigenvalue weighted by atomic mass is 79.9. The van der Waals surface area contributed by atoms with E-state index in [9.17, 15) is 4.79 Å². The van der Waals surface area contributed by atoms with Crippen molar-refractivity contribution in [1.29, 1.82) is 0 Å². The van der Waals surface area contributed by atoms with Gasteiger partial charge in [-0.2, -0.15) is 4.98 Å². The summed E-state index contributed by atoms with van der Waals surface area (Å²) in [5.74, 6) is 0.0159. The quantitative estimate of drug-likeness (QED) is 0.844. The van der Waals surface area contributed by atoms with E-state index in [0.29, 0.717) is 12.3 Å². The number of aryl methyl sites for hydroxylation is 1. The van der Waals surface area contributed by atoms with E-state index in [2.05, 4.69) is 43.4 Å². The summed E-state index contributed by atoms with van der Waals surface area (Å²) >= 11 is 3.37. The van der Waals surface area contributed by atoms with Gasteiger partial charge in [0, 0.05) is 17.2 Å². The number of carbonyl (C=O) groups excluding carboxylic acids is 1. The highest BCUT2D eigenvalue weighted by Gasteiger charge is 2.15. The molecule has 0 saturated carbocycles. The summed E-state index contributed by atoms with van der Waals surface area (Å²) in [5, 5.41) is 9.10. The Hall–Kier alpha value is -1.83. The van der Waals surface area contributed by atoms with Gasteiger partial charge in [-0.3, -0.25) is 10.1 Å². The molecule has 2 aromatic heterocycles. The zero-order valence-corrected chi connectivity index (χ0v) is 12.9. The zero-order chi connectivity index (χ0) is 14.5. The molecule has 0 saturated heterocycles. The molecule has 2 heterocycles. The third-order valence-electron chi connectivity index (χ3n) is 2.53. The lowest BCUT2D eigenvalue weighted by molar-refractivity contribution is 0.101. The third kappa shape index (κ3) is 3.38. The van der Waals surface area contributed by atoms with E-state index in [1.54, 1.807) is 6.07 Å². The lowest BCUT2D eigenvalue weighted by Gasteiger charge is -2.06. The lowest BCUT2D eigenvalue weighted by atomic mass is 10.4. The summed E-state index contributed by atoms with van der Waals surface area (Å²) in [7, 11) is 0. The van der Waals surface area contributed by atoms with E-state index in [-0.39, 0.29) is 17.9 Å². The van der Waals surface area contributed by atoms with Crippen molar-refractivity contribution in [3.63, 3.8) is 0 Å². The van der Waals surface area contributed by atoms with Crippen LogP contribution in [0.4, 0.5) is 5.95 Å². The Morgan fingerprint density at radius 2 is 2.35 bits per heavy atom. The van der Waals surface area contributed by atoms with Crippen LogP contribution in [0, 0.1) is 0 Å². The first-order valence-electron chi connectivity index (χ1n) is 6.36. The van der Waals surface area contributed by atoms with Gasteiger partial charge in [-0.15, -0.1) is 5.10 Å². The minimum absolute atomic E-state index is 0.216. The minimum atomic E-state index is -0.247. The molecule has 0 unspecified atom stereocenters. The molecule has 8 heteroatoms. The molecule has 0 aromatic carbocycles. The monoisotopic (exact) mass is 341 g/mol. The maximum Gasteiger partial charge on any atom is 0.337 e. The van der Waals surface area contributed by atoms with Gasteiger partial charge in [-0.05, 0) is 35.3 Å². The number of ether oxygens (including phenoxy) is 1. The molecule has 7 nitrogen and oxygen atoms in total. The second-order valence-electron chi connectivity index (χ2n) is 4.09. The first-order chi connectivity index (χ1) is 9.63. The summed E-state index contributed by atoms with van der Waals surface area (Å²) < 4.78 is 7.88. The van der Waals surface area contributed by atoms with Crippen LogP contribution in [0.1, 0.15) is 30.8 Å². The second-order valence-corrected chi connectivity index (χ2v) is 5.01. The van der Waals surface area contributed by atoms with E-state index in [1.165, 1.54) is 0 Å². The summed E-state index contributed by atoms with van der Waals surface area (Å²) in [6.07, 6.45) is 2.82. The number of aromatic amines is 1. The normalized spacial score (nSPS) is 10.6. The number of aromatic nitrogens is 4. The van der Waals surface area contributed by atoms with Crippen LogP contribution >= 0.6 is 15.9 Å². The molecule has 0 bridgehead atoms. The number of nitrogens with zero attached hydrogens (tertiary/aromatic N) is 3. The number of hydrogen-bond acceptors (Lipinski definition) is 4. The van der Waals surface area contributed by atoms with Crippen LogP contribution in [-0.4, -0.2) is 32.3 Å². The predicted molar refractivity (Wildman–Crippen MR) is 77.9 cm³/mol. The number of H-pyrrole nitrogens is 1. The molecule has 0 fully saturated rings. The van der Waals surface area contributed by atoms with E-state index >= 15 is 0 Å². The minimum Gasteiger partial charge on any atom is -0.463 e. The standard InChI is InChI=1S/C12H16BrN5O2/c1-3-5-18-7-8(13)6-9(18)10(19)14-11-15-12(17-16-11)20-4-2/h6-7H,3-5H2,1-2H3,(H2,14,15,16,17,19). The van der Waals surface area contributed by atoms with E-state index in [4.69, 9.17) is 4.74 Å². The van der Waals surface area contributed by atoms with Gasteiger partial charge < -0.3 is 9.30 Å². The Kier molecular flexibility index (Phi) is 4.78. The first kappa shape index (κ1) is 14.6. The van der Waals surface area contributed by atoms with Gasteiger partial charge in [0.05, 0.1) is 6.61 Å². The van der Waals surface area contributed by atoms with Gasteiger partial charge in [0.25, 0.3) is 5.91 Å². The topological polar surface area (TPSA) is 84.8 Å². The number of halogens is 1. The van der Waals surface area contributed by atoms with Gasteiger partial charge in [0.15, 0.2) is 0 Å². The Balaban J connectivity index is 2.10. The van der Waals surface area contributed by atoms with Crippen LogP contribution in [-0.2, 0) is 6.54 Å². The fraction of sp³-hybridized carbons (Fsp3) is 0.417. The van der Waals surface area contributed by atoms with Crippen molar-refractivity contribution in [2.75, 3.05) is 11.9 Å². The Morgan fingerprint density at radius 1 is 1.55 bits per heavy atom. The van der Waals surface area contributed by atoms with Gasteiger partial charge in [-0.25, -0.2) is 5.10 Å². The Labute approximate surface area is 124 Å². The Bertz CT molecular complexity index is 592. The van der Waals surface area contributed by atoms with Gasteiger partial charge in [0.2, 0.25) is 5.95 Å². The van der Waals surface area contributed by atoms with E-state index in [0.717, 1.165) is 17.4 Å². The van der Waals surface area contributed by atoms with Crippen molar-refractivity contribution in [1.82, 2.24) is 19.7 Å². The smallest absolute Gasteiger partial charge is 0.337 e. The molecule has 0 spiro atoms. The summed E-state index contributed by atoms with van der Waals surface area (Å²) in [5.41, 5.74) is 0.563. The largest absolute Gasteiger partial charge is 0.463 e. The van der Waals surface area contributed by atoms with Crippen molar-refractivity contribution in [3.05, 3.63) is 22.4 Å². The molecule has 0 aliphatic carbocycles.